The number of hydrogen-bond donors (Lipinski definition) is 1. The van der Waals surface area contributed by atoms with Crippen molar-refractivity contribution in [1.29, 1.82) is 0 Å². The minimum Gasteiger partial charge on any atom is -0.406 e. The predicted molar refractivity (Wildman–Crippen MR) is 101 cm³/mol. The van der Waals surface area contributed by atoms with Gasteiger partial charge in [-0.25, -0.2) is 8.42 Å². The largest absolute Gasteiger partial charge is 0.573 e. The number of sulfonamides is 1. The van der Waals surface area contributed by atoms with E-state index in [9.17, 15) is 26.4 Å². The fourth-order valence-electron chi connectivity index (χ4n) is 2.33. The normalized spacial score (nSPS) is 12.3. The molecule has 0 saturated carbocycles. The van der Waals surface area contributed by atoms with Gasteiger partial charge in [-0.15, -0.1) is 13.2 Å². The van der Waals surface area contributed by atoms with Gasteiger partial charge in [0, 0.05) is 25.2 Å². The molecule has 2 aromatic carbocycles. The number of carbonyl (C=O) groups excluding carboxylic acids is 1. The van der Waals surface area contributed by atoms with Gasteiger partial charge in [-0.3, -0.25) is 4.79 Å². The van der Waals surface area contributed by atoms with Gasteiger partial charge in [-0.2, -0.15) is 4.31 Å². The molecule has 0 aliphatic rings. The van der Waals surface area contributed by atoms with E-state index in [4.69, 9.17) is 0 Å². The number of nitrogens with one attached hydrogen (secondary N) is 1. The van der Waals surface area contributed by atoms with Gasteiger partial charge in [-0.1, -0.05) is 18.2 Å². The number of rotatable bonds is 7. The molecular formula is C19H21F3N2O4S. The van der Waals surface area contributed by atoms with Crippen LogP contribution in [-0.2, 0) is 16.6 Å². The summed E-state index contributed by atoms with van der Waals surface area (Å²) < 4.78 is 66.6. The standard InChI is InChI=1S/C19H21F3N2O4S/c1-13(2)24(3)29(26,27)17-6-4-5-15(11-17)18(25)23-12-14-7-9-16(10-8-14)28-19(20,21)22/h4-11,13H,12H2,1-3H3,(H,23,25). The predicted octanol–water partition coefficient (Wildman–Crippen LogP) is 3.54. The molecule has 6 nitrogen and oxygen atoms in total. The Labute approximate surface area is 167 Å². The minimum atomic E-state index is -4.77. The van der Waals surface area contributed by atoms with Gasteiger partial charge < -0.3 is 10.1 Å². The summed E-state index contributed by atoms with van der Waals surface area (Å²) in [4.78, 5) is 12.4. The van der Waals surface area contributed by atoms with Gasteiger partial charge in [0.05, 0.1) is 4.90 Å². The van der Waals surface area contributed by atoms with Crippen molar-refractivity contribution in [3.05, 3.63) is 59.7 Å². The smallest absolute Gasteiger partial charge is 0.406 e. The number of halogens is 3. The summed E-state index contributed by atoms with van der Waals surface area (Å²) in [7, 11) is -2.28. The molecule has 0 heterocycles. The van der Waals surface area contributed by atoms with Crippen LogP contribution in [-0.4, -0.2) is 38.1 Å². The highest BCUT2D eigenvalue weighted by Gasteiger charge is 2.31. The van der Waals surface area contributed by atoms with Crippen LogP contribution in [0.5, 0.6) is 5.75 Å². The highest BCUT2D eigenvalue weighted by atomic mass is 32.2. The third kappa shape index (κ3) is 6.20. The summed E-state index contributed by atoms with van der Waals surface area (Å²) in [6.45, 7) is 3.52. The summed E-state index contributed by atoms with van der Waals surface area (Å²) in [5.41, 5.74) is 0.705. The number of carbonyl (C=O) groups is 1. The second kappa shape index (κ2) is 8.83. The molecule has 0 bridgehead atoms. The Morgan fingerprint density at radius 3 is 2.31 bits per heavy atom. The van der Waals surface area contributed by atoms with E-state index in [-0.39, 0.29) is 28.8 Å². The maximum Gasteiger partial charge on any atom is 0.573 e. The van der Waals surface area contributed by atoms with Crippen LogP contribution in [0.15, 0.2) is 53.4 Å². The monoisotopic (exact) mass is 430 g/mol. The van der Waals surface area contributed by atoms with E-state index >= 15 is 0 Å². The van der Waals surface area contributed by atoms with Crippen molar-refractivity contribution in [2.45, 2.75) is 37.7 Å². The Morgan fingerprint density at radius 1 is 1.14 bits per heavy atom. The lowest BCUT2D eigenvalue weighted by atomic mass is 10.2. The fourth-order valence-corrected chi connectivity index (χ4v) is 3.75. The highest BCUT2D eigenvalue weighted by molar-refractivity contribution is 7.89. The lowest BCUT2D eigenvalue weighted by Crippen LogP contribution is -2.33. The second-order valence-electron chi connectivity index (χ2n) is 6.52. The first-order chi connectivity index (χ1) is 13.4. The Kier molecular flexibility index (Phi) is 6.91. The number of ether oxygens (including phenoxy) is 1. The van der Waals surface area contributed by atoms with Crippen LogP contribution >= 0.6 is 0 Å². The lowest BCUT2D eigenvalue weighted by molar-refractivity contribution is -0.274. The van der Waals surface area contributed by atoms with Crippen molar-refractivity contribution in [3.8, 4) is 5.75 Å². The van der Waals surface area contributed by atoms with Crippen LogP contribution in [0.3, 0.4) is 0 Å². The zero-order chi connectivity index (χ0) is 21.8. The molecule has 10 heteroatoms. The van der Waals surface area contributed by atoms with Crippen LogP contribution < -0.4 is 10.1 Å². The summed E-state index contributed by atoms with van der Waals surface area (Å²) >= 11 is 0. The molecule has 158 valence electrons. The molecule has 0 atom stereocenters. The fraction of sp³-hybridized carbons (Fsp3) is 0.316. The molecule has 0 spiro atoms. The zero-order valence-corrected chi connectivity index (χ0v) is 16.8. The average Bonchev–Trinajstić information content (AvgIpc) is 2.65. The van der Waals surface area contributed by atoms with Crippen molar-refractivity contribution < 1.29 is 31.1 Å². The Morgan fingerprint density at radius 2 is 1.76 bits per heavy atom. The third-order valence-corrected chi connectivity index (χ3v) is 6.14. The molecule has 2 rings (SSSR count). The number of benzene rings is 2. The molecule has 0 aromatic heterocycles. The molecule has 1 amide bonds. The van der Waals surface area contributed by atoms with Crippen molar-refractivity contribution in [2.24, 2.45) is 0 Å². The van der Waals surface area contributed by atoms with E-state index in [0.29, 0.717) is 5.56 Å². The van der Waals surface area contributed by atoms with Gasteiger partial charge in [0.2, 0.25) is 10.0 Å². The second-order valence-corrected chi connectivity index (χ2v) is 8.51. The van der Waals surface area contributed by atoms with E-state index in [1.807, 2.05) is 0 Å². The Balaban J connectivity index is 2.07. The molecule has 2 aromatic rings. The summed E-state index contributed by atoms with van der Waals surface area (Å²) in [6, 6.07) is 10.5. The zero-order valence-electron chi connectivity index (χ0n) is 16.0. The van der Waals surface area contributed by atoms with Gasteiger partial charge in [-0.05, 0) is 49.7 Å². The molecule has 0 unspecified atom stereocenters. The number of alkyl halides is 3. The molecule has 0 aliphatic heterocycles. The first-order valence-electron chi connectivity index (χ1n) is 8.61. The minimum absolute atomic E-state index is 0.00463. The van der Waals surface area contributed by atoms with Crippen molar-refractivity contribution >= 4 is 15.9 Å². The maximum atomic E-state index is 12.6. The van der Waals surface area contributed by atoms with Crippen molar-refractivity contribution in [2.75, 3.05) is 7.05 Å². The van der Waals surface area contributed by atoms with Crippen LogP contribution in [0.25, 0.3) is 0 Å². The van der Waals surface area contributed by atoms with Crippen LogP contribution in [0.4, 0.5) is 13.2 Å². The van der Waals surface area contributed by atoms with E-state index in [0.717, 1.165) is 12.1 Å². The van der Waals surface area contributed by atoms with E-state index in [1.54, 1.807) is 13.8 Å². The lowest BCUT2D eigenvalue weighted by Gasteiger charge is -2.21. The molecule has 0 saturated heterocycles. The van der Waals surface area contributed by atoms with E-state index in [1.165, 1.54) is 47.8 Å². The quantitative estimate of drug-likeness (QED) is 0.729. The van der Waals surface area contributed by atoms with Gasteiger partial charge in [0.25, 0.3) is 5.91 Å². The van der Waals surface area contributed by atoms with Crippen LogP contribution in [0.1, 0.15) is 29.8 Å². The molecule has 0 aliphatic carbocycles. The highest BCUT2D eigenvalue weighted by Crippen LogP contribution is 2.23. The Hall–Kier alpha value is -2.59. The van der Waals surface area contributed by atoms with E-state index in [2.05, 4.69) is 10.1 Å². The van der Waals surface area contributed by atoms with Crippen molar-refractivity contribution in [3.63, 3.8) is 0 Å². The SMILES string of the molecule is CC(C)N(C)S(=O)(=O)c1cccc(C(=O)NCc2ccc(OC(F)(F)F)cc2)c1. The molecular weight excluding hydrogens is 409 g/mol. The Bertz CT molecular complexity index is 958. The first kappa shape index (κ1) is 22.7. The molecule has 0 radical (unpaired) electrons. The topological polar surface area (TPSA) is 75.7 Å². The third-order valence-electron chi connectivity index (χ3n) is 4.11. The number of amides is 1. The van der Waals surface area contributed by atoms with Crippen molar-refractivity contribution in [1.82, 2.24) is 9.62 Å². The number of hydrogen-bond acceptors (Lipinski definition) is 4. The van der Waals surface area contributed by atoms with Gasteiger partial charge >= 0.3 is 6.36 Å². The van der Waals surface area contributed by atoms with Crippen LogP contribution in [0.2, 0.25) is 0 Å². The summed E-state index contributed by atoms with van der Waals surface area (Å²) in [6.07, 6.45) is -4.77. The number of nitrogens with zero attached hydrogens (tertiary/aromatic N) is 1. The maximum absolute atomic E-state index is 12.6. The van der Waals surface area contributed by atoms with E-state index < -0.39 is 22.3 Å². The molecule has 0 fully saturated rings. The molecule has 29 heavy (non-hydrogen) atoms. The summed E-state index contributed by atoms with van der Waals surface area (Å²) in [5, 5.41) is 2.60. The molecule has 1 N–H and O–H groups in total. The van der Waals surface area contributed by atoms with Gasteiger partial charge in [0.15, 0.2) is 0 Å². The average molecular weight is 430 g/mol. The van der Waals surface area contributed by atoms with Crippen LogP contribution in [0, 0.1) is 0 Å². The summed E-state index contributed by atoms with van der Waals surface area (Å²) in [5.74, 6) is -0.871. The van der Waals surface area contributed by atoms with Gasteiger partial charge in [0.1, 0.15) is 5.75 Å². The first-order valence-corrected chi connectivity index (χ1v) is 10.0.